The minimum absolute atomic E-state index is 0. The molecule has 2 saturated heterocycles. The number of esters is 1. The first-order valence-corrected chi connectivity index (χ1v) is 15.8. The Bertz CT molecular complexity index is 1560. The summed E-state index contributed by atoms with van der Waals surface area (Å²) in [5.74, 6) is 1.96. The molecule has 7 rings (SSSR count). The number of cyclic esters (lactones) is 1. The molecule has 0 aliphatic carbocycles. The van der Waals surface area contributed by atoms with E-state index < -0.39 is 12.1 Å². The van der Waals surface area contributed by atoms with Crippen LogP contribution in [0.25, 0.3) is 0 Å². The molecule has 10 nitrogen and oxygen atoms in total. The number of benzene rings is 2. The number of carbonyl (C=O) groups is 1. The normalized spacial score (nSPS) is 30.3. The quantitative estimate of drug-likeness (QED) is 0.355. The van der Waals surface area contributed by atoms with Crippen LogP contribution in [-0.2, 0) is 20.7 Å². The number of nitriles is 1. The Kier molecular flexibility index (Phi) is 8.89. The average Bonchev–Trinajstić information content (AvgIpc) is 3.48. The molecule has 0 saturated carbocycles. The van der Waals surface area contributed by atoms with Crippen LogP contribution in [-0.4, -0.2) is 79.1 Å². The molecule has 1 radical (unpaired) electrons. The molecule has 5 aliphatic rings. The van der Waals surface area contributed by atoms with E-state index in [4.69, 9.17) is 23.7 Å². The number of methoxy groups -OCH3 is 1. The van der Waals surface area contributed by atoms with E-state index in [-0.39, 0.29) is 105 Å². The van der Waals surface area contributed by atoms with Crippen LogP contribution in [0.5, 0.6) is 23.0 Å². The van der Waals surface area contributed by atoms with Crippen LogP contribution in [0.15, 0.2) is 6.07 Å². The van der Waals surface area contributed by atoms with Crippen LogP contribution in [0.1, 0.15) is 63.2 Å². The van der Waals surface area contributed by atoms with E-state index in [9.17, 15) is 15.2 Å². The molecule has 2 unspecified atom stereocenters. The number of aromatic hydroxyl groups is 1. The second-order valence-electron chi connectivity index (χ2n) is 12.3. The number of hydrogen-bond acceptors (Lipinski definition) is 11. The van der Waals surface area contributed by atoms with Crippen molar-refractivity contribution >= 4 is 17.7 Å². The summed E-state index contributed by atoms with van der Waals surface area (Å²) in [6.45, 7) is 8.09. The Hall–Kier alpha value is -1.73. The van der Waals surface area contributed by atoms with Gasteiger partial charge in [-0.2, -0.15) is 17.0 Å². The number of piperazine rings is 1. The van der Waals surface area contributed by atoms with Crippen LogP contribution in [0, 0.1) is 82.1 Å². The van der Waals surface area contributed by atoms with Gasteiger partial charge in [0.15, 0.2) is 18.3 Å². The second kappa shape index (κ2) is 12.1. The number of hydrogen-bond donors (Lipinski definition) is 1. The summed E-state index contributed by atoms with van der Waals surface area (Å²) >= 11 is 1.63. The minimum Gasteiger partial charge on any atom is -0.507 e. The summed E-state index contributed by atoms with van der Waals surface area (Å²) in [6.07, 6.45) is 0.666. The zero-order valence-electron chi connectivity index (χ0n) is 25.9. The Balaban J connectivity index is 0.00000343. The molecule has 0 spiro atoms. The fourth-order valence-corrected chi connectivity index (χ4v) is 9.47. The van der Waals surface area contributed by atoms with Gasteiger partial charge in [-0.3, -0.25) is 14.6 Å². The number of carbonyl (C=O) groups excluding carboxylic acids is 1. The molecule has 231 valence electrons. The smallest absolute Gasteiger partial charge is 0.309 e. The van der Waals surface area contributed by atoms with Gasteiger partial charge in [0.05, 0.1) is 29.3 Å². The number of nitrogens with zero attached hydrogens (tertiary/aromatic N) is 3. The number of thioether (sulfide) groups is 1. The molecule has 2 fully saturated rings. The SMILES string of the molecule is COCOc1c(C)c(C)cc2c1[C@@H]1C3[C@@H]4SCC(C)C(=O)OC[C@H](c5c6c(c(C)c(O)c54)OCO6)N3[C@@H](C#N)[C@@H](C2)N1C.[Ac]. The van der Waals surface area contributed by atoms with E-state index in [0.29, 0.717) is 29.2 Å². The van der Waals surface area contributed by atoms with E-state index in [1.165, 1.54) is 5.56 Å². The fraction of sp³-hybridized carbons (Fsp3) is 0.562. The van der Waals surface area contributed by atoms with Gasteiger partial charge in [0.2, 0.25) is 6.79 Å². The molecule has 5 heterocycles. The zero-order valence-corrected chi connectivity index (χ0v) is 31.4. The van der Waals surface area contributed by atoms with Crippen molar-refractivity contribution in [3.8, 4) is 29.1 Å². The van der Waals surface area contributed by atoms with Gasteiger partial charge in [0, 0.05) is 91.3 Å². The third-order valence-corrected chi connectivity index (χ3v) is 11.7. The van der Waals surface area contributed by atoms with Crippen LogP contribution < -0.4 is 14.2 Å². The topological polar surface area (TPSA) is 114 Å². The molecule has 7 atom stereocenters. The van der Waals surface area contributed by atoms with E-state index in [2.05, 4.69) is 42.8 Å². The van der Waals surface area contributed by atoms with Crippen molar-refractivity contribution in [3.63, 3.8) is 0 Å². The van der Waals surface area contributed by atoms with Crippen molar-refractivity contribution < 1.29 is 77.6 Å². The predicted molar refractivity (Wildman–Crippen MR) is 158 cm³/mol. The van der Waals surface area contributed by atoms with Gasteiger partial charge in [-0.1, -0.05) is 13.0 Å². The number of phenols is 1. The average molecular weight is 835 g/mol. The van der Waals surface area contributed by atoms with Crippen molar-refractivity contribution in [2.75, 3.05) is 40.1 Å². The van der Waals surface area contributed by atoms with Crippen LogP contribution >= 0.6 is 11.8 Å². The second-order valence-corrected chi connectivity index (χ2v) is 13.5. The summed E-state index contributed by atoms with van der Waals surface area (Å²) in [7, 11) is 3.71. The molecular formula is C32H37AcN3O7S. The van der Waals surface area contributed by atoms with E-state index in [0.717, 1.165) is 33.6 Å². The standard InChI is InChI=1S/C32H37N3O7S.Ac/c1-14-7-18-8-19-20(9-33)35-21-10-39-32(37)15(2)11-43-31(24-23(21)30-29(41-13-42-30)17(4)27(24)36)26(35)25(34(19)5)22(18)28(16(14)3)40-12-38-6;/h7,15,19-21,25-26,31,36H,8,10-13H2,1-6H3;/t15?,19-,20+,21-,25-,26?,31-;/m1./s1. The molecular weight excluding hydrogens is 797 g/mol. The number of ether oxygens (including phenoxy) is 5. The molecule has 1 N–H and O–H groups in total. The molecule has 2 aromatic rings. The third kappa shape index (κ3) is 4.59. The molecule has 2 aromatic carbocycles. The first-order chi connectivity index (χ1) is 20.7. The first-order valence-electron chi connectivity index (χ1n) is 14.8. The van der Waals surface area contributed by atoms with E-state index >= 15 is 0 Å². The Morgan fingerprint density at radius 1 is 1.14 bits per heavy atom. The number of likely N-dealkylation sites (N-methyl/N-ethyl adjacent to an activating group) is 1. The molecule has 4 bridgehead atoms. The van der Waals surface area contributed by atoms with Crippen LogP contribution in [0.3, 0.4) is 0 Å². The van der Waals surface area contributed by atoms with Gasteiger partial charge in [-0.05, 0) is 50.9 Å². The van der Waals surface area contributed by atoms with Gasteiger partial charge in [0.25, 0.3) is 0 Å². The van der Waals surface area contributed by atoms with Gasteiger partial charge < -0.3 is 28.8 Å². The number of fused-ring (bicyclic) bond motifs is 9. The Morgan fingerprint density at radius 2 is 1.89 bits per heavy atom. The summed E-state index contributed by atoms with van der Waals surface area (Å²) < 4.78 is 29.6. The molecule has 5 aliphatic heterocycles. The monoisotopic (exact) mass is 834 g/mol. The number of rotatable bonds is 3. The van der Waals surface area contributed by atoms with Crippen molar-refractivity contribution in [1.29, 1.82) is 5.26 Å². The Labute approximate surface area is 297 Å². The van der Waals surface area contributed by atoms with Crippen LogP contribution in [0.4, 0.5) is 0 Å². The minimum atomic E-state index is -0.521. The van der Waals surface area contributed by atoms with E-state index in [1.807, 2.05) is 13.8 Å². The number of phenolic OH excluding ortho intramolecular Hbond substituents is 1. The van der Waals surface area contributed by atoms with Gasteiger partial charge in [0.1, 0.15) is 24.1 Å². The summed E-state index contributed by atoms with van der Waals surface area (Å²) in [4.78, 5) is 17.6. The molecule has 0 amide bonds. The molecule has 12 heteroatoms. The summed E-state index contributed by atoms with van der Waals surface area (Å²) in [5.41, 5.74) is 6.62. The molecule has 44 heavy (non-hydrogen) atoms. The van der Waals surface area contributed by atoms with Crippen molar-refractivity contribution in [1.82, 2.24) is 9.80 Å². The van der Waals surface area contributed by atoms with E-state index in [1.54, 1.807) is 18.9 Å². The van der Waals surface area contributed by atoms with Crippen molar-refractivity contribution in [2.24, 2.45) is 5.92 Å². The number of aryl methyl sites for hydroxylation is 1. The largest absolute Gasteiger partial charge is 0.507 e. The summed E-state index contributed by atoms with van der Waals surface area (Å²) in [6, 6.07) is 3.32. The predicted octanol–water partition coefficient (Wildman–Crippen LogP) is 4.22. The van der Waals surface area contributed by atoms with Gasteiger partial charge in [-0.25, -0.2) is 0 Å². The maximum atomic E-state index is 13.1. The van der Waals surface area contributed by atoms with Crippen molar-refractivity contribution in [3.05, 3.63) is 45.0 Å². The van der Waals surface area contributed by atoms with Crippen LogP contribution in [0.2, 0.25) is 0 Å². The first kappa shape index (κ1) is 32.2. The summed E-state index contributed by atoms with van der Waals surface area (Å²) in [5, 5.41) is 22.4. The maximum Gasteiger partial charge on any atom is 0.309 e. The van der Waals surface area contributed by atoms with Gasteiger partial charge >= 0.3 is 5.97 Å². The Morgan fingerprint density at radius 3 is 2.61 bits per heavy atom. The molecule has 0 aromatic heterocycles. The van der Waals surface area contributed by atoms with Gasteiger partial charge in [-0.15, -0.1) is 0 Å². The maximum absolute atomic E-state index is 13.1. The zero-order chi connectivity index (χ0) is 30.3. The fourth-order valence-electron chi connectivity index (χ4n) is 7.95. The third-order valence-electron chi connectivity index (χ3n) is 10.1. The van der Waals surface area contributed by atoms with Crippen molar-refractivity contribution in [2.45, 2.75) is 69.6 Å².